The molecule has 4 N–H and O–H groups in total. The number of aryl methyl sites for hydroxylation is 1. The molecule has 0 spiro atoms. The predicted octanol–water partition coefficient (Wildman–Crippen LogP) is 2.58. The van der Waals surface area contributed by atoms with Crippen LogP contribution in [0.5, 0.6) is 5.75 Å². The number of anilines is 1. The molecule has 0 saturated heterocycles. The van der Waals surface area contributed by atoms with E-state index in [0.717, 1.165) is 31.4 Å². The van der Waals surface area contributed by atoms with Gasteiger partial charge in [0.2, 0.25) is 5.91 Å². The zero-order valence-electron chi connectivity index (χ0n) is 12.4. The minimum Gasteiger partial charge on any atom is -0.504 e. The molecule has 1 unspecified atom stereocenters. The van der Waals surface area contributed by atoms with Crippen LogP contribution in [0.15, 0.2) is 12.1 Å². The lowest BCUT2D eigenvalue weighted by Crippen LogP contribution is -2.16. The first-order valence-corrected chi connectivity index (χ1v) is 7.23. The number of aromatic nitrogens is 1. The summed E-state index contributed by atoms with van der Waals surface area (Å²) in [6.07, 6.45) is 4.41. The Morgan fingerprint density at radius 3 is 2.80 bits per heavy atom. The lowest BCUT2D eigenvalue weighted by molar-refractivity contribution is -0.116. The van der Waals surface area contributed by atoms with Crippen molar-refractivity contribution in [3.63, 3.8) is 0 Å². The second kappa shape index (κ2) is 8.53. The van der Waals surface area contributed by atoms with Crippen molar-refractivity contribution in [2.75, 3.05) is 11.9 Å². The minimum absolute atomic E-state index is 0.00369. The van der Waals surface area contributed by atoms with E-state index in [1.165, 1.54) is 6.07 Å². The van der Waals surface area contributed by atoms with Gasteiger partial charge in [0.1, 0.15) is 0 Å². The third-order valence-corrected chi connectivity index (χ3v) is 3.32. The smallest absolute Gasteiger partial charge is 0.225 e. The van der Waals surface area contributed by atoms with Crippen LogP contribution in [-0.2, 0) is 4.79 Å². The molecule has 112 valence electrons. The molecule has 0 bridgehead atoms. The molecule has 5 nitrogen and oxygen atoms in total. The predicted molar refractivity (Wildman–Crippen MR) is 80.6 cm³/mol. The van der Waals surface area contributed by atoms with Crippen molar-refractivity contribution in [3.05, 3.63) is 17.8 Å². The number of carbonyl (C=O) groups is 1. The fourth-order valence-electron chi connectivity index (χ4n) is 2.25. The SMILES string of the molecule is CCCC(CCN)CCC(=O)Nc1nc(C)ccc1O. The van der Waals surface area contributed by atoms with Crippen molar-refractivity contribution in [3.8, 4) is 5.75 Å². The number of hydrogen-bond acceptors (Lipinski definition) is 4. The van der Waals surface area contributed by atoms with E-state index in [1.807, 2.05) is 6.92 Å². The van der Waals surface area contributed by atoms with E-state index < -0.39 is 0 Å². The molecule has 0 radical (unpaired) electrons. The Balaban J connectivity index is 2.48. The van der Waals surface area contributed by atoms with Crippen LogP contribution in [-0.4, -0.2) is 22.5 Å². The quantitative estimate of drug-likeness (QED) is 0.682. The van der Waals surface area contributed by atoms with Gasteiger partial charge >= 0.3 is 0 Å². The Labute approximate surface area is 120 Å². The molecular weight excluding hydrogens is 254 g/mol. The van der Waals surface area contributed by atoms with E-state index in [-0.39, 0.29) is 17.5 Å². The number of nitrogens with one attached hydrogen (secondary N) is 1. The van der Waals surface area contributed by atoms with Crippen LogP contribution >= 0.6 is 0 Å². The molecule has 0 aliphatic carbocycles. The number of carbonyl (C=O) groups excluding carboxylic acids is 1. The number of hydrogen-bond donors (Lipinski definition) is 3. The van der Waals surface area contributed by atoms with Crippen LogP contribution in [0.2, 0.25) is 0 Å². The summed E-state index contributed by atoms with van der Waals surface area (Å²) in [6, 6.07) is 3.23. The Morgan fingerprint density at radius 1 is 1.40 bits per heavy atom. The maximum Gasteiger partial charge on any atom is 0.225 e. The van der Waals surface area contributed by atoms with E-state index in [9.17, 15) is 9.90 Å². The molecule has 1 rings (SSSR count). The minimum atomic E-state index is -0.114. The fourth-order valence-corrected chi connectivity index (χ4v) is 2.25. The zero-order valence-corrected chi connectivity index (χ0v) is 12.4. The highest BCUT2D eigenvalue weighted by Crippen LogP contribution is 2.21. The van der Waals surface area contributed by atoms with Crippen LogP contribution in [0.4, 0.5) is 5.82 Å². The van der Waals surface area contributed by atoms with Crippen LogP contribution in [0.25, 0.3) is 0 Å². The average Bonchev–Trinajstić information content (AvgIpc) is 2.41. The average molecular weight is 279 g/mol. The molecular formula is C15H25N3O2. The van der Waals surface area contributed by atoms with Gasteiger partial charge in [0.25, 0.3) is 0 Å². The molecule has 0 saturated carbocycles. The van der Waals surface area contributed by atoms with Crippen LogP contribution in [0.3, 0.4) is 0 Å². The van der Waals surface area contributed by atoms with Crippen molar-refractivity contribution in [2.24, 2.45) is 11.7 Å². The number of amides is 1. The van der Waals surface area contributed by atoms with Gasteiger partial charge in [0, 0.05) is 12.1 Å². The second-order valence-electron chi connectivity index (χ2n) is 5.14. The van der Waals surface area contributed by atoms with Gasteiger partial charge in [-0.1, -0.05) is 19.8 Å². The first kappa shape index (κ1) is 16.4. The topological polar surface area (TPSA) is 88.2 Å². The van der Waals surface area contributed by atoms with Crippen LogP contribution in [0, 0.1) is 12.8 Å². The van der Waals surface area contributed by atoms with Gasteiger partial charge < -0.3 is 16.2 Å². The van der Waals surface area contributed by atoms with Gasteiger partial charge in [-0.2, -0.15) is 0 Å². The summed E-state index contributed by atoms with van der Waals surface area (Å²) in [5.41, 5.74) is 6.34. The highest BCUT2D eigenvalue weighted by molar-refractivity contribution is 5.91. The zero-order chi connectivity index (χ0) is 15.0. The van der Waals surface area contributed by atoms with Crippen molar-refractivity contribution in [1.82, 2.24) is 4.98 Å². The molecule has 0 aliphatic rings. The largest absolute Gasteiger partial charge is 0.504 e. The van der Waals surface area contributed by atoms with E-state index >= 15 is 0 Å². The first-order chi connectivity index (χ1) is 9.56. The summed E-state index contributed by atoms with van der Waals surface area (Å²) >= 11 is 0. The molecule has 1 aromatic rings. The molecule has 0 aliphatic heterocycles. The molecule has 1 aromatic heterocycles. The number of rotatable bonds is 8. The third kappa shape index (κ3) is 5.57. The van der Waals surface area contributed by atoms with E-state index in [1.54, 1.807) is 6.07 Å². The van der Waals surface area contributed by atoms with Gasteiger partial charge in [-0.15, -0.1) is 0 Å². The van der Waals surface area contributed by atoms with Gasteiger partial charge in [0.05, 0.1) is 0 Å². The normalized spacial score (nSPS) is 12.2. The number of nitrogens with two attached hydrogens (primary N) is 1. The second-order valence-corrected chi connectivity index (χ2v) is 5.14. The maximum atomic E-state index is 11.9. The van der Waals surface area contributed by atoms with Crippen molar-refractivity contribution < 1.29 is 9.90 Å². The Bertz CT molecular complexity index is 429. The third-order valence-electron chi connectivity index (χ3n) is 3.32. The summed E-state index contributed by atoms with van der Waals surface area (Å²) in [7, 11) is 0. The molecule has 20 heavy (non-hydrogen) atoms. The first-order valence-electron chi connectivity index (χ1n) is 7.23. The fraction of sp³-hybridized carbons (Fsp3) is 0.600. The lowest BCUT2D eigenvalue weighted by atomic mass is 9.94. The summed E-state index contributed by atoms with van der Waals surface area (Å²) in [4.78, 5) is 16.0. The van der Waals surface area contributed by atoms with Gasteiger partial charge in [-0.05, 0) is 44.4 Å². The number of nitrogens with zero attached hydrogens (tertiary/aromatic N) is 1. The van der Waals surface area contributed by atoms with Gasteiger partial charge in [0.15, 0.2) is 11.6 Å². The van der Waals surface area contributed by atoms with E-state index in [0.29, 0.717) is 18.9 Å². The monoisotopic (exact) mass is 279 g/mol. The van der Waals surface area contributed by atoms with Crippen molar-refractivity contribution in [2.45, 2.75) is 46.0 Å². The molecule has 0 fully saturated rings. The Hall–Kier alpha value is -1.62. The van der Waals surface area contributed by atoms with Crippen molar-refractivity contribution in [1.29, 1.82) is 0 Å². The van der Waals surface area contributed by atoms with E-state index in [2.05, 4.69) is 17.2 Å². The van der Waals surface area contributed by atoms with Crippen molar-refractivity contribution >= 4 is 11.7 Å². The lowest BCUT2D eigenvalue weighted by Gasteiger charge is -2.14. The highest BCUT2D eigenvalue weighted by atomic mass is 16.3. The summed E-state index contributed by atoms with van der Waals surface area (Å²) in [5, 5.41) is 12.3. The molecule has 0 aromatic carbocycles. The highest BCUT2D eigenvalue weighted by Gasteiger charge is 2.12. The number of aromatic hydroxyl groups is 1. The molecule has 1 heterocycles. The van der Waals surface area contributed by atoms with E-state index in [4.69, 9.17) is 5.73 Å². The van der Waals surface area contributed by atoms with Gasteiger partial charge in [-0.3, -0.25) is 4.79 Å². The summed E-state index contributed by atoms with van der Waals surface area (Å²) in [5.74, 6) is 0.614. The van der Waals surface area contributed by atoms with Crippen LogP contribution in [0.1, 0.15) is 44.7 Å². The number of pyridine rings is 1. The standard InChI is InChI=1S/C15H25N3O2/c1-3-4-12(9-10-16)6-8-14(20)18-15-13(19)7-5-11(2)17-15/h5,7,12,19H,3-4,6,8-10,16H2,1-2H3,(H,17,18,20). The van der Waals surface area contributed by atoms with Crippen LogP contribution < -0.4 is 11.1 Å². The maximum absolute atomic E-state index is 11.9. The summed E-state index contributed by atoms with van der Waals surface area (Å²) in [6.45, 7) is 4.61. The molecule has 1 amide bonds. The molecule has 5 heteroatoms. The Morgan fingerprint density at radius 2 is 2.15 bits per heavy atom. The molecule has 1 atom stereocenters. The summed E-state index contributed by atoms with van der Waals surface area (Å²) < 4.78 is 0. The van der Waals surface area contributed by atoms with Gasteiger partial charge in [-0.25, -0.2) is 4.98 Å². The Kier molecular flexibility index (Phi) is 7.01.